The highest BCUT2D eigenvalue weighted by Gasteiger charge is 2.11. The van der Waals surface area contributed by atoms with Crippen LogP contribution in [0.5, 0.6) is 0 Å². The van der Waals surface area contributed by atoms with Crippen LogP contribution in [0.1, 0.15) is 5.56 Å². The lowest BCUT2D eigenvalue weighted by atomic mass is 10.0. The largest absolute Gasteiger partial charge is 0.398 e. The highest BCUT2D eigenvalue weighted by atomic mass is 19.1. The van der Waals surface area contributed by atoms with E-state index in [2.05, 4.69) is 4.98 Å². The lowest BCUT2D eigenvalue weighted by Crippen LogP contribution is -1.95. The summed E-state index contributed by atoms with van der Waals surface area (Å²) in [6.07, 6.45) is 2.46. The first kappa shape index (κ1) is 10.5. The monoisotopic (exact) mass is 220 g/mol. The van der Waals surface area contributed by atoms with Crippen LogP contribution in [0.3, 0.4) is 0 Å². The molecular formula is C12H10F2N2. The minimum Gasteiger partial charge on any atom is -0.398 e. The number of nitrogen functional groups attached to an aromatic ring is 1. The number of aryl methyl sites for hydroxylation is 1. The van der Waals surface area contributed by atoms with Gasteiger partial charge in [-0.25, -0.2) is 8.78 Å². The third kappa shape index (κ3) is 1.74. The standard InChI is InChI=1S/C12H10F2N2/c1-7-4-10(13)9(5-12(7)15)8-2-3-16-6-11(8)14/h2-6H,15H2,1H3. The average Bonchev–Trinajstić information content (AvgIpc) is 2.25. The summed E-state index contributed by atoms with van der Waals surface area (Å²) >= 11 is 0. The van der Waals surface area contributed by atoms with E-state index in [4.69, 9.17) is 5.73 Å². The van der Waals surface area contributed by atoms with E-state index >= 15 is 0 Å². The van der Waals surface area contributed by atoms with E-state index in [-0.39, 0.29) is 11.1 Å². The summed E-state index contributed by atoms with van der Waals surface area (Å²) in [6.45, 7) is 1.70. The zero-order chi connectivity index (χ0) is 11.7. The molecule has 2 N–H and O–H groups in total. The number of aromatic nitrogens is 1. The first-order valence-electron chi connectivity index (χ1n) is 4.75. The van der Waals surface area contributed by atoms with E-state index in [0.717, 1.165) is 6.20 Å². The fourth-order valence-corrected chi connectivity index (χ4v) is 1.49. The van der Waals surface area contributed by atoms with Gasteiger partial charge in [-0.1, -0.05) is 0 Å². The Morgan fingerprint density at radius 1 is 1.12 bits per heavy atom. The lowest BCUT2D eigenvalue weighted by molar-refractivity contribution is 0.612. The van der Waals surface area contributed by atoms with Crippen LogP contribution in [-0.4, -0.2) is 4.98 Å². The Labute approximate surface area is 91.7 Å². The average molecular weight is 220 g/mol. The van der Waals surface area contributed by atoms with Gasteiger partial charge in [0.2, 0.25) is 0 Å². The van der Waals surface area contributed by atoms with E-state index in [1.54, 1.807) is 6.92 Å². The third-order valence-electron chi connectivity index (χ3n) is 2.42. The molecule has 0 saturated carbocycles. The molecule has 16 heavy (non-hydrogen) atoms. The lowest BCUT2D eigenvalue weighted by Gasteiger charge is -2.07. The van der Waals surface area contributed by atoms with Gasteiger partial charge in [-0.05, 0) is 30.7 Å². The number of hydrogen-bond donors (Lipinski definition) is 1. The first-order valence-corrected chi connectivity index (χ1v) is 4.75. The molecule has 0 spiro atoms. The van der Waals surface area contributed by atoms with Gasteiger partial charge in [-0.2, -0.15) is 0 Å². The second-order valence-corrected chi connectivity index (χ2v) is 3.54. The number of halogens is 2. The van der Waals surface area contributed by atoms with Crippen LogP contribution in [0.2, 0.25) is 0 Å². The van der Waals surface area contributed by atoms with Crippen LogP contribution < -0.4 is 5.73 Å². The van der Waals surface area contributed by atoms with Crippen LogP contribution in [-0.2, 0) is 0 Å². The fraction of sp³-hybridized carbons (Fsp3) is 0.0833. The van der Waals surface area contributed by atoms with Crippen molar-refractivity contribution in [2.24, 2.45) is 0 Å². The molecule has 0 amide bonds. The van der Waals surface area contributed by atoms with Crippen molar-refractivity contribution in [3.05, 3.63) is 47.8 Å². The summed E-state index contributed by atoms with van der Waals surface area (Å²) in [4.78, 5) is 3.61. The Bertz CT molecular complexity index is 539. The molecule has 2 rings (SSSR count). The van der Waals surface area contributed by atoms with Crippen molar-refractivity contribution in [2.75, 3.05) is 5.73 Å². The van der Waals surface area contributed by atoms with Crippen LogP contribution in [0.4, 0.5) is 14.5 Å². The Morgan fingerprint density at radius 3 is 2.56 bits per heavy atom. The third-order valence-corrected chi connectivity index (χ3v) is 2.42. The molecule has 0 saturated heterocycles. The van der Waals surface area contributed by atoms with Gasteiger partial charge >= 0.3 is 0 Å². The smallest absolute Gasteiger partial charge is 0.149 e. The summed E-state index contributed by atoms with van der Waals surface area (Å²) in [6, 6.07) is 4.15. The highest BCUT2D eigenvalue weighted by molar-refractivity contribution is 5.69. The van der Waals surface area contributed by atoms with Crippen LogP contribution >= 0.6 is 0 Å². The van der Waals surface area contributed by atoms with Crippen molar-refractivity contribution >= 4 is 5.69 Å². The van der Waals surface area contributed by atoms with Crippen LogP contribution in [0.15, 0.2) is 30.6 Å². The fourth-order valence-electron chi connectivity index (χ4n) is 1.49. The molecule has 82 valence electrons. The molecule has 2 aromatic rings. The number of rotatable bonds is 1. The molecule has 4 heteroatoms. The normalized spacial score (nSPS) is 10.4. The van der Waals surface area contributed by atoms with Crippen LogP contribution in [0.25, 0.3) is 11.1 Å². The minimum absolute atomic E-state index is 0.156. The van der Waals surface area contributed by atoms with Gasteiger partial charge in [0.25, 0.3) is 0 Å². The van der Waals surface area contributed by atoms with E-state index in [1.807, 2.05) is 0 Å². The van der Waals surface area contributed by atoms with Crippen molar-refractivity contribution in [2.45, 2.75) is 6.92 Å². The maximum Gasteiger partial charge on any atom is 0.149 e. The quantitative estimate of drug-likeness (QED) is 0.750. The number of benzene rings is 1. The summed E-state index contributed by atoms with van der Waals surface area (Å²) in [5, 5.41) is 0. The van der Waals surface area contributed by atoms with E-state index in [0.29, 0.717) is 11.3 Å². The maximum absolute atomic E-state index is 13.7. The molecule has 0 atom stereocenters. The summed E-state index contributed by atoms with van der Waals surface area (Å²) in [5.41, 5.74) is 7.07. The van der Waals surface area contributed by atoms with Gasteiger partial charge in [0.15, 0.2) is 0 Å². The van der Waals surface area contributed by atoms with Crippen molar-refractivity contribution in [1.29, 1.82) is 0 Å². The Morgan fingerprint density at radius 2 is 1.88 bits per heavy atom. The molecule has 0 aliphatic rings. The van der Waals surface area contributed by atoms with Crippen molar-refractivity contribution in [3.8, 4) is 11.1 Å². The minimum atomic E-state index is -0.565. The zero-order valence-corrected chi connectivity index (χ0v) is 8.67. The Balaban J connectivity index is 2.65. The van der Waals surface area contributed by atoms with Gasteiger partial charge in [0.1, 0.15) is 11.6 Å². The molecule has 2 nitrogen and oxygen atoms in total. The maximum atomic E-state index is 13.7. The van der Waals surface area contributed by atoms with Crippen molar-refractivity contribution in [3.63, 3.8) is 0 Å². The Hall–Kier alpha value is -1.97. The molecule has 0 unspecified atom stereocenters. The van der Waals surface area contributed by atoms with Crippen LogP contribution in [0, 0.1) is 18.6 Å². The van der Waals surface area contributed by atoms with Gasteiger partial charge in [0, 0.05) is 23.0 Å². The molecular weight excluding hydrogens is 210 g/mol. The molecule has 0 bridgehead atoms. The molecule has 0 aliphatic carbocycles. The molecule has 0 radical (unpaired) electrons. The Kier molecular flexibility index (Phi) is 2.56. The van der Waals surface area contributed by atoms with E-state index in [9.17, 15) is 8.78 Å². The van der Waals surface area contributed by atoms with Gasteiger partial charge in [-0.3, -0.25) is 4.98 Å². The predicted molar refractivity (Wildman–Crippen MR) is 58.7 cm³/mol. The predicted octanol–water partition coefficient (Wildman–Crippen LogP) is 2.92. The number of nitrogens with two attached hydrogens (primary N) is 1. The van der Waals surface area contributed by atoms with Gasteiger partial charge in [-0.15, -0.1) is 0 Å². The summed E-state index contributed by atoms with van der Waals surface area (Å²) < 4.78 is 27.1. The zero-order valence-electron chi connectivity index (χ0n) is 8.67. The van der Waals surface area contributed by atoms with Gasteiger partial charge < -0.3 is 5.73 Å². The number of pyridine rings is 1. The van der Waals surface area contributed by atoms with Crippen molar-refractivity contribution in [1.82, 2.24) is 4.98 Å². The number of hydrogen-bond acceptors (Lipinski definition) is 2. The van der Waals surface area contributed by atoms with E-state index < -0.39 is 11.6 Å². The first-order chi connectivity index (χ1) is 7.59. The summed E-state index contributed by atoms with van der Waals surface area (Å²) in [7, 11) is 0. The van der Waals surface area contributed by atoms with Gasteiger partial charge in [0.05, 0.1) is 6.20 Å². The number of nitrogens with zero attached hydrogens (tertiary/aromatic N) is 1. The summed E-state index contributed by atoms with van der Waals surface area (Å²) in [5.74, 6) is -1.05. The molecule has 1 heterocycles. The highest BCUT2D eigenvalue weighted by Crippen LogP contribution is 2.28. The second kappa shape index (κ2) is 3.89. The van der Waals surface area contributed by atoms with E-state index in [1.165, 1.54) is 24.4 Å². The molecule has 1 aromatic carbocycles. The molecule has 1 aromatic heterocycles. The SMILES string of the molecule is Cc1cc(F)c(-c2ccncc2F)cc1N. The number of anilines is 1. The topological polar surface area (TPSA) is 38.9 Å². The molecule has 0 fully saturated rings. The van der Waals surface area contributed by atoms with Crippen molar-refractivity contribution < 1.29 is 8.78 Å². The molecule has 0 aliphatic heterocycles. The second-order valence-electron chi connectivity index (χ2n) is 3.54.